The van der Waals surface area contributed by atoms with Crippen LogP contribution in [-0.2, 0) is 33.6 Å². The molecule has 0 saturated heterocycles. The highest BCUT2D eigenvalue weighted by molar-refractivity contribution is 5.70. The lowest BCUT2D eigenvalue weighted by molar-refractivity contribution is -0.137. The van der Waals surface area contributed by atoms with Gasteiger partial charge in [0.15, 0.2) is 0 Å². The fourth-order valence-corrected chi connectivity index (χ4v) is 0.182. The molecule has 1 N–H and O–H groups in total. The number of aldehydes is 1. The number of hydrogen-bond acceptors (Lipinski definition) is 7. The van der Waals surface area contributed by atoms with Gasteiger partial charge in [-0.3, -0.25) is 4.79 Å². The summed E-state index contributed by atoms with van der Waals surface area (Å²) in [6.45, 7) is 10.0. The average Bonchev–Trinajstić information content (AvgIpc) is 2.47. The maximum absolute atomic E-state index is 9.60. The second-order valence-electron chi connectivity index (χ2n) is 1.10. The third kappa shape index (κ3) is 802. The molecule has 17 heavy (non-hydrogen) atoms. The van der Waals surface area contributed by atoms with Gasteiger partial charge in [-0.25, -0.2) is 0 Å². The first-order valence-corrected chi connectivity index (χ1v) is 3.37. The average molecular weight is 252 g/mol. The van der Waals surface area contributed by atoms with Crippen LogP contribution < -0.4 is 0 Å². The SMILES string of the molecule is C=O.C=O.C=O.C=O.C=O.O=CCCC(=O)O. The molecule has 0 rings (SSSR count). The Morgan fingerprint density at radius 1 is 0.824 bits per heavy atom. The molecule has 0 aromatic carbocycles. The number of carbonyl (C=O) groups is 7. The van der Waals surface area contributed by atoms with E-state index in [9.17, 15) is 9.59 Å². The summed E-state index contributed by atoms with van der Waals surface area (Å²) in [5, 5.41) is 7.89. The van der Waals surface area contributed by atoms with Gasteiger partial charge in [0.1, 0.15) is 40.2 Å². The van der Waals surface area contributed by atoms with E-state index in [1.807, 2.05) is 33.9 Å². The molecular weight excluding hydrogens is 236 g/mol. The Morgan fingerprint density at radius 3 is 1.12 bits per heavy atom. The molecule has 0 bridgehead atoms. The second kappa shape index (κ2) is 173. The Hall–Kier alpha value is -2.51. The van der Waals surface area contributed by atoms with Crippen molar-refractivity contribution in [1.82, 2.24) is 0 Å². The van der Waals surface area contributed by atoms with Gasteiger partial charge in [-0.1, -0.05) is 0 Å². The van der Waals surface area contributed by atoms with E-state index in [0.29, 0.717) is 6.29 Å². The standard InChI is InChI=1S/C4H6O3.5CH2O/c5-3-1-2-4(6)7;5*1-2/h3H,1-2H2,(H,6,7);5*1H2. The molecule has 0 amide bonds. The molecule has 0 saturated carbocycles. The van der Waals surface area contributed by atoms with Crippen molar-refractivity contribution < 1.29 is 38.7 Å². The number of carboxylic acid groups (broad SMARTS) is 1. The largest absolute Gasteiger partial charge is 0.481 e. The third-order valence-corrected chi connectivity index (χ3v) is 0.476. The number of rotatable bonds is 3. The molecule has 0 radical (unpaired) electrons. The normalized spacial score (nSPS) is 4.47. The van der Waals surface area contributed by atoms with Gasteiger partial charge in [-0.2, -0.15) is 0 Å². The van der Waals surface area contributed by atoms with Crippen LogP contribution in [0.2, 0.25) is 0 Å². The lowest BCUT2D eigenvalue weighted by Crippen LogP contribution is -1.93. The van der Waals surface area contributed by atoms with Crippen molar-refractivity contribution >= 4 is 46.2 Å². The molecule has 0 heterocycles. The number of carbonyl (C=O) groups excluding carboxylic acids is 6. The molecular formula is C9H16O8. The van der Waals surface area contributed by atoms with Crippen molar-refractivity contribution in [2.45, 2.75) is 12.8 Å². The number of aliphatic carboxylic acids is 1. The molecule has 0 aromatic rings. The highest BCUT2D eigenvalue weighted by Crippen LogP contribution is 1.80. The quantitative estimate of drug-likeness (QED) is 0.639. The Bertz CT molecular complexity index is 127. The minimum atomic E-state index is -0.924. The summed E-state index contributed by atoms with van der Waals surface area (Å²) in [7, 11) is 0. The highest BCUT2D eigenvalue weighted by Gasteiger charge is 1.91. The third-order valence-electron chi connectivity index (χ3n) is 0.476. The van der Waals surface area contributed by atoms with Gasteiger partial charge in [0.25, 0.3) is 0 Å². The van der Waals surface area contributed by atoms with Gasteiger partial charge in [-0.15, -0.1) is 0 Å². The van der Waals surface area contributed by atoms with Crippen molar-refractivity contribution in [2.24, 2.45) is 0 Å². The van der Waals surface area contributed by atoms with Gasteiger partial charge in [0.05, 0.1) is 6.42 Å². The van der Waals surface area contributed by atoms with Crippen molar-refractivity contribution in [3.8, 4) is 0 Å². The van der Waals surface area contributed by atoms with E-state index in [-0.39, 0.29) is 12.8 Å². The summed E-state index contributed by atoms with van der Waals surface area (Å²) in [6.07, 6.45) is 0.660. The van der Waals surface area contributed by atoms with Crippen LogP contribution in [0.15, 0.2) is 0 Å². The summed E-state index contributed by atoms with van der Waals surface area (Å²) < 4.78 is 0. The minimum Gasteiger partial charge on any atom is -0.481 e. The van der Waals surface area contributed by atoms with Gasteiger partial charge in [0, 0.05) is 6.42 Å². The molecule has 0 aliphatic carbocycles. The summed E-state index contributed by atoms with van der Waals surface area (Å²) in [4.78, 5) is 59.0. The Morgan fingerprint density at radius 2 is 1.06 bits per heavy atom. The second-order valence-corrected chi connectivity index (χ2v) is 1.10. The van der Waals surface area contributed by atoms with Crippen LogP contribution >= 0.6 is 0 Å². The smallest absolute Gasteiger partial charge is 0.303 e. The summed E-state index contributed by atoms with van der Waals surface area (Å²) in [5.74, 6) is -0.924. The summed E-state index contributed by atoms with van der Waals surface area (Å²) in [6, 6.07) is 0. The molecule has 0 fully saturated rings. The fraction of sp³-hybridized carbons (Fsp3) is 0.222. The van der Waals surface area contributed by atoms with E-state index >= 15 is 0 Å². The minimum absolute atomic E-state index is 0.0521. The molecule has 0 spiro atoms. The molecule has 100 valence electrons. The lowest BCUT2D eigenvalue weighted by Gasteiger charge is -1.79. The maximum Gasteiger partial charge on any atom is 0.303 e. The van der Waals surface area contributed by atoms with Crippen molar-refractivity contribution in [3.63, 3.8) is 0 Å². The molecule has 0 unspecified atom stereocenters. The number of hydrogen-bond donors (Lipinski definition) is 1. The molecule has 8 nitrogen and oxygen atoms in total. The van der Waals surface area contributed by atoms with E-state index in [2.05, 4.69) is 0 Å². The number of carboxylic acids is 1. The van der Waals surface area contributed by atoms with Gasteiger partial charge >= 0.3 is 5.97 Å². The van der Waals surface area contributed by atoms with Gasteiger partial charge in [-0.05, 0) is 0 Å². The van der Waals surface area contributed by atoms with Crippen LogP contribution in [0.1, 0.15) is 12.8 Å². The van der Waals surface area contributed by atoms with Crippen molar-refractivity contribution in [2.75, 3.05) is 0 Å². The van der Waals surface area contributed by atoms with Crippen LogP contribution in [-0.4, -0.2) is 51.3 Å². The predicted molar refractivity (Wildman–Crippen MR) is 58.5 cm³/mol. The molecule has 0 aliphatic rings. The Balaban J connectivity index is -0.0000000257. The Kier molecular flexibility index (Phi) is 372. The first-order chi connectivity index (χ1) is 8.27. The van der Waals surface area contributed by atoms with Gasteiger partial charge < -0.3 is 33.9 Å². The van der Waals surface area contributed by atoms with E-state index in [0.717, 1.165) is 0 Å². The zero-order valence-electron chi connectivity index (χ0n) is 9.33. The van der Waals surface area contributed by atoms with E-state index in [4.69, 9.17) is 29.1 Å². The van der Waals surface area contributed by atoms with Crippen LogP contribution in [0.4, 0.5) is 0 Å². The first kappa shape index (κ1) is 36.6. The molecule has 8 heteroatoms. The topological polar surface area (TPSA) is 140 Å². The highest BCUT2D eigenvalue weighted by atomic mass is 16.4. The predicted octanol–water partition coefficient (Wildman–Crippen LogP) is -0.874. The van der Waals surface area contributed by atoms with Crippen molar-refractivity contribution in [1.29, 1.82) is 0 Å². The zero-order chi connectivity index (χ0) is 15.7. The zero-order valence-corrected chi connectivity index (χ0v) is 9.33. The van der Waals surface area contributed by atoms with Crippen LogP contribution in [0.5, 0.6) is 0 Å². The Labute approximate surface area is 98.6 Å². The van der Waals surface area contributed by atoms with E-state index in [1.54, 1.807) is 0 Å². The first-order valence-electron chi connectivity index (χ1n) is 3.37. The van der Waals surface area contributed by atoms with E-state index < -0.39 is 5.97 Å². The van der Waals surface area contributed by atoms with E-state index in [1.165, 1.54) is 0 Å². The summed E-state index contributed by atoms with van der Waals surface area (Å²) in [5.41, 5.74) is 0. The van der Waals surface area contributed by atoms with Crippen LogP contribution in [0.3, 0.4) is 0 Å². The summed E-state index contributed by atoms with van der Waals surface area (Å²) >= 11 is 0. The lowest BCUT2D eigenvalue weighted by atomic mass is 10.3. The van der Waals surface area contributed by atoms with Gasteiger partial charge in [0.2, 0.25) is 0 Å². The fourth-order valence-electron chi connectivity index (χ4n) is 0.182. The monoisotopic (exact) mass is 252 g/mol. The van der Waals surface area contributed by atoms with Crippen LogP contribution in [0, 0.1) is 0 Å². The molecule has 0 aliphatic heterocycles. The molecule has 0 aromatic heterocycles. The van der Waals surface area contributed by atoms with Crippen molar-refractivity contribution in [3.05, 3.63) is 0 Å². The van der Waals surface area contributed by atoms with Crippen LogP contribution in [0.25, 0.3) is 0 Å². The maximum atomic E-state index is 9.60. The molecule has 0 atom stereocenters.